The molecule has 3 aromatic rings. The van der Waals surface area contributed by atoms with Crippen LogP contribution in [0.4, 0.5) is 5.82 Å². The number of para-hydroxylation sites is 1. The molecule has 4 rings (SSSR count). The number of amides is 1. The summed E-state index contributed by atoms with van der Waals surface area (Å²) < 4.78 is 10.6. The zero-order valence-electron chi connectivity index (χ0n) is 19.2. The quantitative estimate of drug-likeness (QED) is 0.568. The molecule has 0 unspecified atom stereocenters. The summed E-state index contributed by atoms with van der Waals surface area (Å²) in [6.07, 6.45) is 2.43. The maximum absolute atomic E-state index is 12.6. The van der Waals surface area contributed by atoms with Gasteiger partial charge in [-0.1, -0.05) is 24.3 Å². The molecule has 33 heavy (non-hydrogen) atoms. The highest BCUT2D eigenvalue weighted by atomic mass is 16.5. The Labute approximate surface area is 194 Å². The van der Waals surface area contributed by atoms with E-state index in [-0.39, 0.29) is 11.8 Å². The van der Waals surface area contributed by atoms with Crippen LogP contribution in [0, 0.1) is 5.92 Å². The molecule has 1 aromatic heterocycles. The summed E-state index contributed by atoms with van der Waals surface area (Å²) >= 11 is 0. The van der Waals surface area contributed by atoms with Crippen molar-refractivity contribution in [2.45, 2.75) is 19.3 Å². The van der Waals surface area contributed by atoms with Gasteiger partial charge in [-0.05, 0) is 61.2 Å². The average Bonchev–Trinajstić information content (AvgIpc) is 2.89. The number of piperidine rings is 1. The van der Waals surface area contributed by atoms with E-state index in [9.17, 15) is 4.79 Å². The number of carbonyl (C=O) groups excluding carboxylic acids is 1. The van der Waals surface area contributed by atoms with E-state index in [0.29, 0.717) is 6.54 Å². The fourth-order valence-corrected chi connectivity index (χ4v) is 4.13. The van der Waals surface area contributed by atoms with E-state index in [1.165, 1.54) is 5.56 Å². The molecule has 0 saturated carbocycles. The number of ether oxygens (including phenoxy) is 2. The van der Waals surface area contributed by atoms with Crippen LogP contribution in [0.15, 0.2) is 60.7 Å². The fraction of sp³-hybridized carbons (Fsp3) is 0.346. The Morgan fingerprint density at radius 1 is 0.970 bits per heavy atom. The SMILES string of the molecule is COc1ccc(CCNC(=O)C2CCN(c3ccc(-c4ccccc4OC)nn3)CC2)cc1. The van der Waals surface area contributed by atoms with Gasteiger partial charge in [0.1, 0.15) is 11.5 Å². The molecule has 1 fully saturated rings. The van der Waals surface area contributed by atoms with E-state index < -0.39 is 0 Å². The van der Waals surface area contributed by atoms with E-state index in [2.05, 4.69) is 20.4 Å². The maximum atomic E-state index is 12.6. The van der Waals surface area contributed by atoms with Crippen LogP contribution in [-0.4, -0.2) is 50.0 Å². The van der Waals surface area contributed by atoms with Gasteiger partial charge in [0.2, 0.25) is 5.91 Å². The van der Waals surface area contributed by atoms with Gasteiger partial charge in [0.05, 0.1) is 19.9 Å². The van der Waals surface area contributed by atoms with Crippen LogP contribution < -0.4 is 19.7 Å². The summed E-state index contributed by atoms with van der Waals surface area (Å²) in [6.45, 7) is 2.22. The van der Waals surface area contributed by atoms with Crippen molar-refractivity contribution in [3.63, 3.8) is 0 Å². The number of methoxy groups -OCH3 is 2. The molecule has 0 atom stereocenters. The Morgan fingerprint density at radius 3 is 2.39 bits per heavy atom. The number of nitrogens with zero attached hydrogens (tertiary/aromatic N) is 3. The monoisotopic (exact) mass is 446 g/mol. The van der Waals surface area contributed by atoms with Gasteiger partial charge in [-0.25, -0.2) is 0 Å². The molecule has 1 aliphatic rings. The molecule has 1 aliphatic heterocycles. The lowest BCUT2D eigenvalue weighted by Crippen LogP contribution is -2.41. The molecule has 2 aromatic carbocycles. The molecule has 1 N–H and O–H groups in total. The third kappa shape index (κ3) is 5.61. The van der Waals surface area contributed by atoms with Crippen LogP contribution in [0.5, 0.6) is 11.5 Å². The number of hydrogen-bond acceptors (Lipinski definition) is 6. The Hall–Kier alpha value is -3.61. The lowest BCUT2D eigenvalue weighted by atomic mass is 9.96. The van der Waals surface area contributed by atoms with Crippen LogP contribution in [0.2, 0.25) is 0 Å². The fourth-order valence-electron chi connectivity index (χ4n) is 4.13. The van der Waals surface area contributed by atoms with E-state index >= 15 is 0 Å². The Morgan fingerprint density at radius 2 is 1.73 bits per heavy atom. The molecule has 0 aliphatic carbocycles. The first-order valence-corrected chi connectivity index (χ1v) is 11.3. The van der Waals surface area contributed by atoms with Gasteiger partial charge in [-0.15, -0.1) is 10.2 Å². The summed E-state index contributed by atoms with van der Waals surface area (Å²) in [5.74, 6) is 2.64. The number of nitrogens with one attached hydrogen (secondary N) is 1. The van der Waals surface area contributed by atoms with Gasteiger partial charge in [0, 0.05) is 31.1 Å². The second-order valence-electron chi connectivity index (χ2n) is 8.13. The number of aromatic nitrogens is 2. The van der Waals surface area contributed by atoms with Gasteiger partial charge < -0.3 is 19.7 Å². The van der Waals surface area contributed by atoms with E-state index in [0.717, 1.165) is 60.9 Å². The maximum Gasteiger partial charge on any atom is 0.223 e. The molecule has 7 heteroatoms. The normalized spacial score (nSPS) is 14.1. The molecule has 0 radical (unpaired) electrons. The zero-order valence-corrected chi connectivity index (χ0v) is 19.2. The second kappa shape index (κ2) is 10.8. The Bertz CT molecular complexity index is 1050. The van der Waals surface area contributed by atoms with Crippen LogP contribution >= 0.6 is 0 Å². The zero-order chi connectivity index (χ0) is 23.0. The number of carbonyl (C=O) groups is 1. The van der Waals surface area contributed by atoms with Gasteiger partial charge in [-0.2, -0.15) is 0 Å². The molecule has 0 bridgehead atoms. The molecular weight excluding hydrogens is 416 g/mol. The van der Waals surface area contributed by atoms with Crippen LogP contribution in [-0.2, 0) is 11.2 Å². The third-order valence-corrected chi connectivity index (χ3v) is 6.10. The minimum atomic E-state index is 0.0397. The molecule has 0 spiro atoms. The van der Waals surface area contributed by atoms with Crippen molar-refractivity contribution < 1.29 is 14.3 Å². The highest BCUT2D eigenvalue weighted by Crippen LogP contribution is 2.29. The van der Waals surface area contributed by atoms with Crippen molar-refractivity contribution in [1.29, 1.82) is 0 Å². The summed E-state index contributed by atoms with van der Waals surface area (Å²) in [5.41, 5.74) is 2.88. The van der Waals surface area contributed by atoms with E-state index in [1.807, 2.05) is 60.7 Å². The van der Waals surface area contributed by atoms with Crippen molar-refractivity contribution in [2.75, 3.05) is 38.8 Å². The smallest absolute Gasteiger partial charge is 0.223 e. The van der Waals surface area contributed by atoms with E-state index in [1.54, 1.807) is 14.2 Å². The van der Waals surface area contributed by atoms with Gasteiger partial charge in [0.25, 0.3) is 0 Å². The molecule has 1 saturated heterocycles. The van der Waals surface area contributed by atoms with Crippen molar-refractivity contribution in [3.8, 4) is 22.8 Å². The number of benzene rings is 2. The largest absolute Gasteiger partial charge is 0.497 e. The lowest BCUT2D eigenvalue weighted by Gasteiger charge is -2.31. The third-order valence-electron chi connectivity index (χ3n) is 6.10. The molecule has 7 nitrogen and oxygen atoms in total. The topological polar surface area (TPSA) is 76.6 Å². The van der Waals surface area contributed by atoms with E-state index in [4.69, 9.17) is 9.47 Å². The van der Waals surface area contributed by atoms with Crippen molar-refractivity contribution >= 4 is 11.7 Å². The Kier molecular flexibility index (Phi) is 7.40. The molecule has 2 heterocycles. The number of anilines is 1. The highest BCUT2D eigenvalue weighted by Gasteiger charge is 2.25. The van der Waals surface area contributed by atoms with Gasteiger partial charge >= 0.3 is 0 Å². The minimum absolute atomic E-state index is 0.0397. The predicted molar refractivity (Wildman–Crippen MR) is 129 cm³/mol. The second-order valence-corrected chi connectivity index (χ2v) is 8.13. The predicted octanol–water partition coefficient (Wildman–Crippen LogP) is 3.74. The van der Waals surface area contributed by atoms with Gasteiger partial charge in [-0.3, -0.25) is 4.79 Å². The summed E-state index contributed by atoms with van der Waals surface area (Å²) in [6, 6.07) is 19.7. The van der Waals surface area contributed by atoms with Crippen LogP contribution in [0.3, 0.4) is 0 Å². The molecule has 172 valence electrons. The standard InChI is InChI=1S/C26H30N4O3/c1-32-21-9-7-19(8-10-21)13-16-27-26(31)20-14-17-30(18-15-20)25-12-11-23(28-29-25)22-5-3-4-6-24(22)33-2/h3-12,20H,13-18H2,1-2H3,(H,27,31). The first-order chi connectivity index (χ1) is 16.2. The molecule has 1 amide bonds. The average molecular weight is 447 g/mol. The lowest BCUT2D eigenvalue weighted by molar-refractivity contribution is -0.125. The Balaban J connectivity index is 1.25. The number of hydrogen-bond donors (Lipinski definition) is 1. The molecular formula is C26H30N4O3. The van der Waals surface area contributed by atoms with Gasteiger partial charge in [0.15, 0.2) is 5.82 Å². The highest BCUT2D eigenvalue weighted by molar-refractivity contribution is 5.79. The number of rotatable bonds is 8. The summed E-state index contributed by atoms with van der Waals surface area (Å²) in [4.78, 5) is 14.8. The minimum Gasteiger partial charge on any atom is -0.497 e. The van der Waals surface area contributed by atoms with Crippen molar-refractivity contribution in [2.24, 2.45) is 5.92 Å². The first kappa shape index (κ1) is 22.6. The van der Waals surface area contributed by atoms with Crippen molar-refractivity contribution in [1.82, 2.24) is 15.5 Å². The van der Waals surface area contributed by atoms with Crippen LogP contribution in [0.25, 0.3) is 11.3 Å². The van der Waals surface area contributed by atoms with Crippen LogP contribution in [0.1, 0.15) is 18.4 Å². The van der Waals surface area contributed by atoms with Crippen molar-refractivity contribution in [3.05, 3.63) is 66.2 Å². The first-order valence-electron chi connectivity index (χ1n) is 11.3. The summed E-state index contributed by atoms with van der Waals surface area (Å²) in [5, 5.41) is 11.9. The summed E-state index contributed by atoms with van der Waals surface area (Å²) in [7, 11) is 3.31.